The third-order valence-electron chi connectivity index (χ3n) is 7.17. The van der Waals surface area contributed by atoms with Crippen LogP contribution in [-0.4, -0.2) is 36.1 Å². The molecule has 8 nitrogen and oxygen atoms in total. The van der Waals surface area contributed by atoms with Crippen molar-refractivity contribution < 1.29 is 4.42 Å². The number of furan rings is 1. The fourth-order valence-corrected chi connectivity index (χ4v) is 5.47. The molecule has 35 heavy (non-hydrogen) atoms. The van der Waals surface area contributed by atoms with Gasteiger partial charge in [0, 0.05) is 23.7 Å². The van der Waals surface area contributed by atoms with E-state index in [4.69, 9.17) is 4.42 Å². The van der Waals surface area contributed by atoms with E-state index < -0.39 is 0 Å². The summed E-state index contributed by atoms with van der Waals surface area (Å²) < 4.78 is 7.41. The van der Waals surface area contributed by atoms with Gasteiger partial charge in [-0.25, -0.2) is 4.68 Å². The summed E-state index contributed by atoms with van der Waals surface area (Å²) in [7, 11) is 0. The summed E-state index contributed by atoms with van der Waals surface area (Å²) in [6, 6.07) is 12.3. The molecule has 1 saturated carbocycles. The summed E-state index contributed by atoms with van der Waals surface area (Å²) in [6.45, 7) is 7.53. The molecule has 0 unspecified atom stereocenters. The van der Waals surface area contributed by atoms with E-state index >= 15 is 0 Å². The predicted octanol–water partition coefficient (Wildman–Crippen LogP) is 5.00. The van der Waals surface area contributed by atoms with E-state index in [1.54, 1.807) is 6.26 Å². The molecule has 0 saturated heterocycles. The van der Waals surface area contributed by atoms with E-state index in [1.807, 2.05) is 28.9 Å². The number of nitrogens with zero attached hydrogens (tertiary/aromatic N) is 5. The highest BCUT2D eigenvalue weighted by Crippen LogP contribution is 2.35. The molecule has 0 bridgehead atoms. The lowest BCUT2D eigenvalue weighted by molar-refractivity contribution is 0.0610. The second-order valence-electron chi connectivity index (χ2n) is 10.1. The highest BCUT2D eigenvalue weighted by Gasteiger charge is 2.35. The van der Waals surface area contributed by atoms with Crippen LogP contribution in [0.1, 0.15) is 74.7 Å². The molecule has 184 valence electrons. The average Bonchev–Trinajstić information content (AvgIpc) is 3.52. The molecule has 1 N–H and O–H groups in total. The zero-order chi connectivity index (χ0) is 24.4. The fraction of sp³-hybridized carbons (Fsp3) is 0.481. The maximum absolute atomic E-state index is 13.2. The number of aromatic amines is 1. The van der Waals surface area contributed by atoms with Crippen molar-refractivity contribution in [1.82, 2.24) is 30.1 Å². The van der Waals surface area contributed by atoms with Gasteiger partial charge in [-0.05, 0) is 71.8 Å². The van der Waals surface area contributed by atoms with Gasteiger partial charge in [0.15, 0.2) is 5.82 Å². The molecule has 0 radical (unpaired) electrons. The van der Waals surface area contributed by atoms with Crippen molar-refractivity contribution in [3.8, 4) is 0 Å². The van der Waals surface area contributed by atoms with Crippen LogP contribution in [0.4, 0.5) is 0 Å². The Balaban J connectivity index is 1.54. The van der Waals surface area contributed by atoms with Crippen LogP contribution in [0.3, 0.4) is 0 Å². The lowest BCUT2D eigenvalue weighted by Crippen LogP contribution is -2.43. The standard InChI is InChI=1S/C27H34N6O2/c1-18(2)25(26-29-30-31-33(26)17-23-10-7-13-35-23)32(22-8-5-4-6-9-22)16-21-15-20-14-19(3)11-12-24(20)28-27(21)34/h7,10-15,18,22,25H,4-6,8-9,16-17H2,1-3H3,(H,28,34)/t25-/m1/s1. The monoisotopic (exact) mass is 474 g/mol. The van der Waals surface area contributed by atoms with E-state index in [-0.39, 0.29) is 17.5 Å². The lowest BCUT2D eigenvalue weighted by atomic mass is 9.90. The molecular weight excluding hydrogens is 440 g/mol. The number of aromatic nitrogens is 5. The molecule has 1 aromatic carbocycles. The van der Waals surface area contributed by atoms with E-state index in [2.05, 4.69) is 58.3 Å². The Hall–Kier alpha value is -3.26. The molecule has 0 amide bonds. The summed E-state index contributed by atoms with van der Waals surface area (Å²) in [6.07, 6.45) is 7.58. The van der Waals surface area contributed by atoms with Crippen molar-refractivity contribution >= 4 is 10.9 Å². The van der Waals surface area contributed by atoms with Gasteiger partial charge in [-0.1, -0.05) is 44.7 Å². The molecule has 3 aromatic heterocycles. The Labute approximate surface area is 205 Å². The van der Waals surface area contributed by atoms with Crippen molar-refractivity contribution in [2.75, 3.05) is 0 Å². The first-order valence-electron chi connectivity index (χ1n) is 12.7. The van der Waals surface area contributed by atoms with Gasteiger partial charge in [-0.3, -0.25) is 9.69 Å². The normalized spacial score (nSPS) is 15.9. The minimum Gasteiger partial charge on any atom is -0.467 e. The van der Waals surface area contributed by atoms with Crippen molar-refractivity contribution in [2.24, 2.45) is 5.92 Å². The first kappa shape index (κ1) is 23.5. The number of fused-ring (bicyclic) bond motifs is 1. The number of benzene rings is 1. The molecular formula is C27H34N6O2. The third-order valence-corrected chi connectivity index (χ3v) is 7.17. The van der Waals surface area contributed by atoms with Crippen molar-refractivity contribution in [2.45, 2.75) is 78.0 Å². The van der Waals surface area contributed by atoms with Gasteiger partial charge in [0.1, 0.15) is 12.3 Å². The second-order valence-corrected chi connectivity index (χ2v) is 10.1. The number of hydrogen-bond acceptors (Lipinski definition) is 6. The van der Waals surface area contributed by atoms with Crippen LogP contribution in [0.2, 0.25) is 0 Å². The highest BCUT2D eigenvalue weighted by atomic mass is 16.3. The van der Waals surface area contributed by atoms with Crippen molar-refractivity contribution in [3.05, 3.63) is 75.7 Å². The van der Waals surface area contributed by atoms with Crippen LogP contribution < -0.4 is 5.56 Å². The van der Waals surface area contributed by atoms with E-state index in [1.165, 1.54) is 24.8 Å². The van der Waals surface area contributed by atoms with Crippen LogP contribution in [0, 0.1) is 12.8 Å². The van der Waals surface area contributed by atoms with Gasteiger partial charge < -0.3 is 9.40 Å². The summed E-state index contributed by atoms with van der Waals surface area (Å²) in [5.74, 6) is 1.88. The summed E-state index contributed by atoms with van der Waals surface area (Å²) in [5, 5.41) is 13.9. The number of aryl methyl sites for hydroxylation is 1. The Morgan fingerprint density at radius 3 is 2.74 bits per heavy atom. The molecule has 1 aliphatic rings. The quantitative estimate of drug-likeness (QED) is 0.386. The molecule has 1 aliphatic carbocycles. The van der Waals surface area contributed by atoms with Gasteiger partial charge in [0.2, 0.25) is 0 Å². The summed E-state index contributed by atoms with van der Waals surface area (Å²) >= 11 is 0. The number of hydrogen-bond donors (Lipinski definition) is 1. The van der Waals surface area contributed by atoms with E-state index in [0.717, 1.165) is 40.9 Å². The molecule has 0 spiro atoms. The minimum absolute atomic E-state index is 0.0279. The second kappa shape index (κ2) is 10.2. The SMILES string of the molecule is Cc1ccc2[nH]c(=O)c(CN(C3CCCCC3)[C@@H](c3nnnn3Cc3ccco3)C(C)C)cc2c1. The van der Waals surface area contributed by atoms with Crippen molar-refractivity contribution in [1.29, 1.82) is 0 Å². The Bertz CT molecular complexity index is 1320. The van der Waals surface area contributed by atoms with Crippen LogP contribution in [0.15, 0.2) is 51.9 Å². The van der Waals surface area contributed by atoms with Crippen LogP contribution in [0.5, 0.6) is 0 Å². The molecule has 8 heteroatoms. The zero-order valence-electron chi connectivity index (χ0n) is 20.8. The summed E-state index contributed by atoms with van der Waals surface area (Å²) in [4.78, 5) is 18.7. The molecule has 4 aromatic rings. The first-order chi connectivity index (χ1) is 17.0. The van der Waals surface area contributed by atoms with Crippen LogP contribution >= 0.6 is 0 Å². The summed E-state index contributed by atoms with van der Waals surface area (Å²) in [5.41, 5.74) is 2.80. The largest absolute Gasteiger partial charge is 0.467 e. The average molecular weight is 475 g/mol. The Morgan fingerprint density at radius 1 is 1.17 bits per heavy atom. The van der Waals surface area contributed by atoms with Gasteiger partial charge in [-0.15, -0.1) is 5.10 Å². The fourth-order valence-electron chi connectivity index (χ4n) is 5.47. The number of nitrogens with one attached hydrogen (secondary N) is 1. The van der Waals surface area contributed by atoms with E-state index in [9.17, 15) is 4.79 Å². The van der Waals surface area contributed by atoms with Crippen LogP contribution in [-0.2, 0) is 13.1 Å². The smallest absolute Gasteiger partial charge is 0.252 e. The molecule has 5 rings (SSSR count). The first-order valence-corrected chi connectivity index (χ1v) is 12.7. The zero-order valence-corrected chi connectivity index (χ0v) is 20.8. The highest BCUT2D eigenvalue weighted by molar-refractivity contribution is 5.79. The maximum atomic E-state index is 13.2. The lowest BCUT2D eigenvalue weighted by Gasteiger charge is -2.41. The van der Waals surface area contributed by atoms with E-state index in [0.29, 0.717) is 19.1 Å². The predicted molar refractivity (Wildman–Crippen MR) is 135 cm³/mol. The molecule has 1 fully saturated rings. The van der Waals surface area contributed by atoms with Crippen LogP contribution in [0.25, 0.3) is 10.9 Å². The third kappa shape index (κ3) is 5.07. The number of pyridine rings is 1. The van der Waals surface area contributed by atoms with Gasteiger partial charge >= 0.3 is 0 Å². The number of tetrazole rings is 1. The van der Waals surface area contributed by atoms with Gasteiger partial charge in [0.05, 0.1) is 12.3 Å². The van der Waals surface area contributed by atoms with Gasteiger partial charge in [-0.2, -0.15) is 0 Å². The topological polar surface area (TPSA) is 92.8 Å². The maximum Gasteiger partial charge on any atom is 0.252 e. The Kier molecular flexibility index (Phi) is 6.81. The minimum atomic E-state index is -0.0318. The Morgan fingerprint density at radius 2 is 2.00 bits per heavy atom. The number of rotatable bonds is 8. The molecule has 3 heterocycles. The molecule has 1 atom stereocenters. The molecule has 0 aliphatic heterocycles. The van der Waals surface area contributed by atoms with Gasteiger partial charge in [0.25, 0.3) is 5.56 Å². The number of H-pyrrole nitrogens is 1. The van der Waals surface area contributed by atoms with Crippen molar-refractivity contribution in [3.63, 3.8) is 0 Å².